The third kappa shape index (κ3) is 9.98. The zero-order valence-electron chi connectivity index (χ0n) is 28.7. The molecule has 0 saturated carbocycles. The van der Waals surface area contributed by atoms with E-state index in [1.807, 2.05) is 79.4 Å². The van der Waals surface area contributed by atoms with Crippen LogP contribution in [0.2, 0.25) is 5.02 Å². The molecule has 0 radical (unpaired) electrons. The smallest absolute Gasteiger partial charge is 0.246 e. The van der Waals surface area contributed by atoms with Gasteiger partial charge in [-0.25, -0.2) is 4.98 Å². The van der Waals surface area contributed by atoms with Crippen molar-refractivity contribution in [2.24, 2.45) is 0 Å². The number of pyridine rings is 1. The SMILES string of the molecule is Cc1cc(C=CC(=O)N2CCN(Cc3ccc(COc4ccc(Cl)cc4)cc3)CC2)cc(C)c1Oc1ccc(OCc2ccc(C#N)cc2)cn1. The Morgan fingerprint density at radius 3 is 2.00 bits per heavy atom. The number of aryl methyl sites for hydroxylation is 2. The van der Waals surface area contributed by atoms with Crippen molar-refractivity contribution in [2.75, 3.05) is 26.2 Å². The van der Waals surface area contributed by atoms with Crippen LogP contribution in [0.4, 0.5) is 0 Å². The summed E-state index contributed by atoms with van der Waals surface area (Å²) < 4.78 is 17.8. The molecule has 1 saturated heterocycles. The Kier molecular flexibility index (Phi) is 11.6. The molecule has 0 atom stereocenters. The highest BCUT2D eigenvalue weighted by atomic mass is 35.5. The number of piperazine rings is 1. The number of nitriles is 1. The second kappa shape index (κ2) is 16.9. The first kappa shape index (κ1) is 35.2. The lowest BCUT2D eigenvalue weighted by Gasteiger charge is -2.34. The number of hydrogen-bond acceptors (Lipinski definition) is 7. The number of benzene rings is 4. The van der Waals surface area contributed by atoms with Crippen molar-refractivity contribution < 1.29 is 19.0 Å². The van der Waals surface area contributed by atoms with Gasteiger partial charge in [-0.2, -0.15) is 5.26 Å². The summed E-state index contributed by atoms with van der Waals surface area (Å²) in [6, 6.07) is 32.9. The molecule has 1 aliphatic heterocycles. The van der Waals surface area contributed by atoms with Crippen molar-refractivity contribution >= 4 is 23.6 Å². The van der Waals surface area contributed by atoms with Gasteiger partial charge in [-0.1, -0.05) is 48.0 Å². The second-order valence-corrected chi connectivity index (χ2v) is 12.9. The summed E-state index contributed by atoms with van der Waals surface area (Å²) in [5.41, 5.74) is 6.75. The van der Waals surface area contributed by atoms with Gasteiger partial charge in [0.05, 0.1) is 17.8 Å². The van der Waals surface area contributed by atoms with Crippen LogP contribution in [0.25, 0.3) is 6.08 Å². The van der Waals surface area contributed by atoms with E-state index in [0.29, 0.717) is 48.5 Å². The number of ether oxygens (including phenoxy) is 3. The van der Waals surface area contributed by atoms with Gasteiger partial charge in [-0.3, -0.25) is 9.69 Å². The van der Waals surface area contributed by atoms with Crippen molar-refractivity contribution in [3.05, 3.63) is 153 Å². The molecule has 4 aromatic carbocycles. The highest BCUT2D eigenvalue weighted by molar-refractivity contribution is 6.30. The van der Waals surface area contributed by atoms with Gasteiger partial charge in [0.15, 0.2) is 0 Å². The molecule has 0 bridgehead atoms. The molecular formula is C42H39ClN4O4. The molecule has 0 unspecified atom stereocenters. The Hall–Kier alpha value is -5.62. The minimum absolute atomic E-state index is 0.0148. The first-order valence-electron chi connectivity index (χ1n) is 16.8. The van der Waals surface area contributed by atoms with Crippen molar-refractivity contribution in [2.45, 2.75) is 33.6 Å². The molecule has 8 nitrogen and oxygen atoms in total. The van der Waals surface area contributed by atoms with E-state index in [2.05, 4.69) is 40.2 Å². The zero-order chi connectivity index (χ0) is 35.6. The molecule has 51 heavy (non-hydrogen) atoms. The molecule has 1 aliphatic rings. The molecular weight excluding hydrogens is 660 g/mol. The van der Waals surface area contributed by atoms with Gasteiger partial charge in [0, 0.05) is 49.9 Å². The summed E-state index contributed by atoms with van der Waals surface area (Å²) in [6.45, 7) is 8.71. The van der Waals surface area contributed by atoms with Crippen molar-refractivity contribution in [3.8, 4) is 29.2 Å². The third-order valence-electron chi connectivity index (χ3n) is 8.64. The average molecular weight is 699 g/mol. The topological polar surface area (TPSA) is 87.9 Å². The maximum absolute atomic E-state index is 13.1. The Balaban J connectivity index is 0.944. The van der Waals surface area contributed by atoms with Crippen molar-refractivity contribution in [1.29, 1.82) is 5.26 Å². The maximum atomic E-state index is 13.1. The Morgan fingerprint density at radius 2 is 1.39 bits per heavy atom. The predicted octanol–water partition coefficient (Wildman–Crippen LogP) is 8.53. The van der Waals surface area contributed by atoms with Crippen LogP contribution in [-0.4, -0.2) is 46.9 Å². The van der Waals surface area contributed by atoms with Crippen LogP contribution in [-0.2, 0) is 24.6 Å². The lowest BCUT2D eigenvalue weighted by molar-refractivity contribution is -0.127. The number of carbonyl (C=O) groups excluding carboxylic acids is 1. The minimum Gasteiger partial charge on any atom is -0.489 e. The normalized spacial score (nSPS) is 13.2. The lowest BCUT2D eigenvalue weighted by atomic mass is 10.1. The van der Waals surface area contributed by atoms with Crippen LogP contribution in [0.3, 0.4) is 0 Å². The number of hydrogen-bond donors (Lipinski definition) is 0. The molecule has 0 N–H and O–H groups in total. The maximum Gasteiger partial charge on any atom is 0.246 e. The van der Waals surface area contributed by atoms with Gasteiger partial charge in [0.1, 0.15) is 30.5 Å². The standard InChI is InChI=1S/C42H39ClN4O4/c1-30-23-36(24-31(2)42(30)51-40-17-16-39(26-45-40)50-29-34-7-3-32(25-44)4-8-34)11-18-41(48)47-21-19-46(20-22-47)27-33-5-9-35(10-6-33)28-49-38-14-12-37(43)13-15-38/h3-18,23-24,26H,19-22,27-29H2,1-2H3. The number of aromatic nitrogens is 1. The summed E-state index contributed by atoms with van der Waals surface area (Å²) >= 11 is 5.95. The minimum atomic E-state index is 0.0148. The number of rotatable bonds is 12. The first-order valence-corrected chi connectivity index (χ1v) is 17.2. The fraction of sp³-hybridized carbons (Fsp3) is 0.214. The Bertz CT molecular complexity index is 1970. The number of amides is 1. The monoisotopic (exact) mass is 698 g/mol. The van der Waals surface area contributed by atoms with E-state index in [4.69, 9.17) is 31.1 Å². The van der Waals surface area contributed by atoms with E-state index in [1.54, 1.807) is 30.5 Å². The van der Waals surface area contributed by atoms with E-state index in [0.717, 1.165) is 59.0 Å². The van der Waals surface area contributed by atoms with E-state index in [1.165, 1.54) is 5.56 Å². The molecule has 6 rings (SSSR count). The Morgan fingerprint density at radius 1 is 0.804 bits per heavy atom. The van der Waals surface area contributed by atoms with Crippen molar-refractivity contribution in [1.82, 2.24) is 14.8 Å². The third-order valence-corrected chi connectivity index (χ3v) is 8.89. The van der Waals surface area contributed by atoms with Gasteiger partial charge < -0.3 is 19.1 Å². The number of halogens is 1. The van der Waals surface area contributed by atoms with Crippen LogP contribution in [0.15, 0.2) is 109 Å². The average Bonchev–Trinajstić information content (AvgIpc) is 3.16. The molecule has 1 fully saturated rings. The van der Waals surface area contributed by atoms with Crippen LogP contribution >= 0.6 is 11.6 Å². The lowest BCUT2D eigenvalue weighted by Crippen LogP contribution is -2.47. The second-order valence-electron chi connectivity index (χ2n) is 12.5. The van der Waals surface area contributed by atoms with E-state index >= 15 is 0 Å². The number of nitrogens with zero attached hydrogens (tertiary/aromatic N) is 4. The summed E-state index contributed by atoms with van der Waals surface area (Å²) in [4.78, 5) is 21.8. The van der Waals surface area contributed by atoms with E-state index in [9.17, 15) is 4.79 Å². The van der Waals surface area contributed by atoms with Gasteiger partial charge in [0.2, 0.25) is 11.8 Å². The summed E-state index contributed by atoms with van der Waals surface area (Å²) in [5.74, 6) is 2.62. The quantitative estimate of drug-likeness (QED) is 0.121. The molecule has 0 aliphatic carbocycles. The van der Waals surface area contributed by atoms with Gasteiger partial charge in [-0.05, 0) is 108 Å². The van der Waals surface area contributed by atoms with E-state index in [-0.39, 0.29) is 5.91 Å². The fourth-order valence-corrected chi connectivity index (χ4v) is 5.92. The van der Waals surface area contributed by atoms with Crippen LogP contribution in [0.5, 0.6) is 23.1 Å². The molecule has 5 aromatic rings. The predicted molar refractivity (Wildman–Crippen MR) is 199 cm³/mol. The summed E-state index contributed by atoms with van der Waals surface area (Å²) in [7, 11) is 0. The van der Waals surface area contributed by atoms with Gasteiger partial charge in [-0.15, -0.1) is 0 Å². The Labute approximate surface area is 304 Å². The molecule has 9 heteroatoms. The van der Waals surface area contributed by atoms with Crippen molar-refractivity contribution in [3.63, 3.8) is 0 Å². The molecule has 1 amide bonds. The largest absolute Gasteiger partial charge is 0.489 e. The van der Waals surface area contributed by atoms with Gasteiger partial charge in [0.25, 0.3) is 0 Å². The highest BCUT2D eigenvalue weighted by Crippen LogP contribution is 2.30. The molecule has 1 aromatic heterocycles. The number of carbonyl (C=O) groups is 1. The van der Waals surface area contributed by atoms with E-state index < -0.39 is 0 Å². The summed E-state index contributed by atoms with van der Waals surface area (Å²) in [6.07, 6.45) is 5.16. The molecule has 2 heterocycles. The van der Waals surface area contributed by atoms with Crippen LogP contribution < -0.4 is 14.2 Å². The van der Waals surface area contributed by atoms with Crippen LogP contribution in [0, 0.1) is 25.2 Å². The fourth-order valence-electron chi connectivity index (χ4n) is 5.80. The first-order chi connectivity index (χ1) is 24.8. The van der Waals surface area contributed by atoms with Gasteiger partial charge >= 0.3 is 0 Å². The highest BCUT2D eigenvalue weighted by Gasteiger charge is 2.20. The molecule has 0 spiro atoms. The zero-order valence-corrected chi connectivity index (χ0v) is 29.5. The molecule has 258 valence electrons. The summed E-state index contributed by atoms with van der Waals surface area (Å²) in [5, 5.41) is 9.65. The van der Waals surface area contributed by atoms with Crippen LogP contribution in [0.1, 0.15) is 38.9 Å².